The van der Waals surface area contributed by atoms with E-state index in [4.69, 9.17) is 0 Å². The Kier molecular flexibility index (Phi) is 4.13. The monoisotopic (exact) mass is 237 g/mol. The van der Waals surface area contributed by atoms with Crippen LogP contribution in [0.25, 0.3) is 0 Å². The Morgan fingerprint density at radius 3 is 3.00 bits per heavy atom. The minimum atomic E-state index is -0.604. The molecule has 2 N–H and O–H groups in total. The van der Waals surface area contributed by atoms with Crippen LogP contribution in [0.2, 0.25) is 0 Å². The van der Waals surface area contributed by atoms with E-state index in [-0.39, 0.29) is 11.9 Å². The Morgan fingerprint density at radius 1 is 1.47 bits per heavy atom. The predicted octanol–water partition coefficient (Wildman–Crippen LogP) is 2.78. The quantitative estimate of drug-likeness (QED) is 0.844. The van der Waals surface area contributed by atoms with Crippen LogP contribution in [0, 0.1) is 5.82 Å². The van der Waals surface area contributed by atoms with Crippen LogP contribution in [0.3, 0.4) is 0 Å². The van der Waals surface area contributed by atoms with Gasteiger partial charge >= 0.3 is 0 Å². The second-order valence-electron chi connectivity index (χ2n) is 4.84. The van der Waals surface area contributed by atoms with Crippen molar-refractivity contribution in [1.82, 2.24) is 5.32 Å². The molecule has 2 rings (SSSR count). The van der Waals surface area contributed by atoms with E-state index in [9.17, 15) is 9.50 Å². The smallest absolute Gasteiger partial charge is 0.123 e. The molecule has 1 heterocycles. The van der Waals surface area contributed by atoms with Crippen molar-refractivity contribution in [2.75, 3.05) is 0 Å². The van der Waals surface area contributed by atoms with E-state index >= 15 is 0 Å². The first-order valence-electron chi connectivity index (χ1n) is 6.40. The summed E-state index contributed by atoms with van der Waals surface area (Å²) in [6, 6.07) is 6.81. The zero-order chi connectivity index (χ0) is 12.3. The molecule has 1 aromatic carbocycles. The Labute approximate surface area is 102 Å². The summed E-state index contributed by atoms with van der Waals surface area (Å²) >= 11 is 0. The van der Waals surface area contributed by atoms with Crippen molar-refractivity contribution in [1.29, 1.82) is 0 Å². The van der Waals surface area contributed by atoms with Crippen LogP contribution in [-0.4, -0.2) is 17.2 Å². The van der Waals surface area contributed by atoms with Gasteiger partial charge in [-0.15, -0.1) is 0 Å². The standard InChI is InChI=1S/C14H20FNO/c1-2-4-12-7-8-13(16-12)14(17)10-5-3-6-11(15)9-10/h3,5-6,9,12-14,16-17H,2,4,7-8H2,1H3/t12-,13-,14?/m1/s1. The molecule has 1 saturated heterocycles. The van der Waals surface area contributed by atoms with Gasteiger partial charge in [-0.3, -0.25) is 0 Å². The van der Waals surface area contributed by atoms with Crippen LogP contribution in [0.15, 0.2) is 24.3 Å². The molecule has 1 aliphatic heterocycles. The minimum Gasteiger partial charge on any atom is -0.387 e. The molecule has 0 saturated carbocycles. The Bertz CT molecular complexity index is 369. The fourth-order valence-corrected chi connectivity index (χ4v) is 2.60. The lowest BCUT2D eigenvalue weighted by molar-refractivity contribution is 0.134. The summed E-state index contributed by atoms with van der Waals surface area (Å²) in [5.74, 6) is -0.287. The number of hydrogen-bond acceptors (Lipinski definition) is 2. The fraction of sp³-hybridized carbons (Fsp3) is 0.571. The van der Waals surface area contributed by atoms with Crippen LogP contribution in [0.4, 0.5) is 4.39 Å². The lowest BCUT2D eigenvalue weighted by Gasteiger charge is -2.20. The van der Waals surface area contributed by atoms with Gasteiger partial charge in [0.2, 0.25) is 0 Å². The lowest BCUT2D eigenvalue weighted by atomic mass is 10.0. The van der Waals surface area contributed by atoms with Crippen molar-refractivity contribution in [2.24, 2.45) is 0 Å². The first-order valence-corrected chi connectivity index (χ1v) is 6.40. The van der Waals surface area contributed by atoms with Crippen molar-refractivity contribution in [3.63, 3.8) is 0 Å². The van der Waals surface area contributed by atoms with E-state index in [1.54, 1.807) is 12.1 Å². The average molecular weight is 237 g/mol. The maximum Gasteiger partial charge on any atom is 0.123 e. The first kappa shape index (κ1) is 12.5. The van der Waals surface area contributed by atoms with Gasteiger partial charge in [0.15, 0.2) is 0 Å². The summed E-state index contributed by atoms with van der Waals surface area (Å²) in [6.07, 6.45) is 3.76. The van der Waals surface area contributed by atoms with E-state index in [0.717, 1.165) is 25.7 Å². The zero-order valence-corrected chi connectivity index (χ0v) is 10.2. The zero-order valence-electron chi connectivity index (χ0n) is 10.2. The highest BCUT2D eigenvalue weighted by Gasteiger charge is 2.29. The molecular weight excluding hydrogens is 217 g/mol. The van der Waals surface area contributed by atoms with Gasteiger partial charge < -0.3 is 10.4 Å². The summed E-state index contributed by atoms with van der Waals surface area (Å²) in [5.41, 5.74) is 0.666. The SMILES string of the molecule is CCC[C@@H]1CC[C@H](C(O)c2cccc(F)c2)N1. The van der Waals surface area contributed by atoms with E-state index in [2.05, 4.69) is 12.2 Å². The van der Waals surface area contributed by atoms with Gasteiger partial charge in [0, 0.05) is 12.1 Å². The highest BCUT2D eigenvalue weighted by atomic mass is 19.1. The third kappa shape index (κ3) is 3.05. The van der Waals surface area contributed by atoms with E-state index in [0.29, 0.717) is 11.6 Å². The van der Waals surface area contributed by atoms with Gasteiger partial charge in [0.05, 0.1) is 6.10 Å². The maximum atomic E-state index is 13.1. The summed E-state index contributed by atoms with van der Waals surface area (Å²) in [6.45, 7) is 2.16. The molecule has 0 amide bonds. The number of hydrogen-bond donors (Lipinski definition) is 2. The van der Waals surface area contributed by atoms with Crippen molar-refractivity contribution >= 4 is 0 Å². The molecule has 0 radical (unpaired) electrons. The van der Waals surface area contributed by atoms with Crippen LogP contribution in [-0.2, 0) is 0 Å². The molecule has 1 unspecified atom stereocenters. The van der Waals surface area contributed by atoms with E-state index in [1.807, 2.05) is 0 Å². The molecule has 0 bridgehead atoms. The molecule has 0 spiro atoms. The Balaban J connectivity index is 1.99. The fourth-order valence-electron chi connectivity index (χ4n) is 2.60. The van der Waals surface area contributed by atoms with Crippen LogP contribution in [0.1, 0.15) is 44.3 Å². The van der Waals surface area contributed by atoms with Gasteiger partial charge in [-0.2, -0.15) is 0 Å². The normalized spacial score (nSPS) is 26.1. The molecule has 17 heavy (non-hydrogen) atoms. The maximum absolute atomic E-state index is 13.1. The van der Waals surface area contributed by atoms with Crippen LogP contribution >= 0.6 is 0 Å². The summed E-state index contributed by atoms with van der Waals surface area (Å²) in [7, 11) is 0. The van der Waals surface area contributed by atoms with Crippen molar-refractivity contribution in [3.8, 4) is 0 Å². The molecule has 2 nitrogen and oxygen atoms in total. The molecule has 94 valence electrons. The first-order chi connectivity index (χ1) is 8.20. The largest absolute Gasteiger partial charge is 0.387 e. The second-order valence-corrected chi connectivity index (χ2v) is 4.84. The summed E-state index contributed by atoms with van der Waals surface area (Å²) in [4.78, 5) is 0. The molecule has 3 heteroatoms. The van der Waals surface area contributed by atoms with Crippen LogP contribution in [0.5, 0.6) is 0 Å². The van der Waals surface area contributed by atoms with E-state index < -0.39 is 6.10 Å². The van der Waals surface area contributed by atoms with Gasteiger partial charge in [-0.25, -0.2) is 4.39 Å². The predicted molar refractivity (Wildman–Crippen MR) is 66.2 cm³/mol. The van der Waals surface area contributed by atoms with Gasteiger partial charge in [0.25, 0.3) is 0 Å². The topological polar surface area (TPSA) is 32.3 Å². The Hall–Kier alpha value is -0.930. The van der Waals surface area contributed by atoms with E-state index in [1.165, 1.54) is 12.1 Å². The number of aliphatic hydroxyl groups is 1. The molecule has 3 atom stereocenters. The summed E-state index contributed by atoms with van der Waals surface area (Å²) in [5, 5.41) is 13.6. The summed E-state index contributed by atoms with van der Waals surface area (Å²) < 4.78 is 13.1. The second kappa shape index (κ2) is 5.61. The van der Waals surface area contributed by atoms with Gasteiger partial charge in [-0.1, -0.05) is 25.5 Å². The molecule has 1 fully saturated rings. The molecule has 1 aromatic rings. The number of halogens is 1. The number of rotatable bonds is 4. The number of nitrogens with one attached hydrogen (secondary N) is 1. The van der Waals surface area contributed by atoms with Gasteiger partial charge in [-0.05, 0) is 37.0 Å². The van der Waals surface area contributed by atoms with Crippen molar-refractivity contribution in [3.05, 3.63) is 35.6 Å². The highest BCUT2D eigenvalue weighted by molar-refractivity contribution is 5.20. The highest BCUT2D eigenvalue weighted by Crippen LogP contribution is 2.27. The van der Waals surface area contributed by atoms with Crippen LogP contribution < -0.4 is 5.32 Å². The van der Waals surface area contributed by atoms with Gasteiger partial charge in [0.1, 0.15) is 5.82 Å². The Morgan fingerprint density at radius 2 is 2.29 bits per heavy atom. The third-order valence-corrected chi connectivity index (χ3v) is 3.48. The average Bonchev–Trinajstić information content (AvgIpc) is 2.77. The minimum absolute atomic E-state index is 0.0633. The molecular formula is C14H20FNO. The molecule has 1 aliphatic rings. The van der Waals surface area contributed by atoms with Crippen molar-refractivity contribution < 1.29 is 9.50 Å². The van der Waals surface area contributed by atoms with Crippen molar-refractivity contribution in [2.45, 2.75) is 50.8 Å². The number of benzene rings is 1. The molecule has 0 aromatic heterocycles. The molecule has 0 aliphatic carbocycles. The lowest BCUT2D eigenvalue weighted by Crippen LogP contribution is -2.33. The number of aliphatic hydroxyl groups excluding tert-OH is 1. The third-order valence-electron chi connectivity index (χ3n) is 3.48.